The van der Waals surface area contributed by atoms with Crippen LogP contribution in [-0.4, -0.2) is 21.3 Å². The summed E-state index contributed by atoms with van der Waals surface area (Å²) in [6.45, 7) is 3.83. The number of anilines is 1. The van der Waals surface area contributed by atoms with Crippen LogP contribution in [0.3, 0.4) is 0 Å². The third-order valence-corrected chi connectivity index (χ3v) is 4.82. The highest BCUT2D eigenvalue weighted by Gasteiger charge is 2.45. The first kappa shape index (κ1) is 13.2. The van der Waals surface area contributed by atoms with Crippen molar-refractivity contribution in [1.29, 1.82) is 0 Å². The number of rotatable bonds is 2. The van der Waals surface area contributed by atoms with Gasteiger partial charge in [-0.2, -0.15) is 5.10 Å². The Morgan fingerprint density at radius 2 is 2.30 bits per heavy atom. The molecule has 3 aromatic rings. The van der Waals surface area contributed by atoms with Crippen molar-refractivity contribution in [3.63, 3.8) is 0 Å². The normalized spacial score (nSPS) is 23.2. The van der Waals surface area contributed by atoms with Crippen molar-refractivity contribution >= 4 is 16.7 Å². The minimum Gasteiger partial charge on any atom is -0.384 e. The van der Waals surface area contributed by atoms with Gasteiger partial charge in [-0.15, -0.1) is 0 Å². The fourth-order valence-electron chi connectivity index (χ4n) is 3.62. The minimum atomic E-state index is -0.0959. The second-order valence-electron chi connectivity index (χ2n) is 6.39. The van der Waals surface area contributed by atoms with Crippen LogP contribution in [-0.2, 0) is 17.7 Å². The Morgan fingerprint density at radius 3 is 3.17 bits per heavy atom. The zero-order valence-corrected chi connectivity index (χ0v) is 13.0. The van der Waals surface area contributed by atoms with Crippen molar-refractivity contribution < 1.29 is 4.74 Å². The molecule has 2 atom stereocenters. The summed E-state index contributed by atoms with van der Waals surface area (Å²) < 4.78 is 7.81. The van der Waals surface area contributed by atoms with E-state index >= 15 is 0 Å². The van der Waals surface area contributed by atoms with Crippen molar-refractivity contribution in [1.82, 2.24) is 20.1 Å². The quantitative estimate of drug-likeness (QED) is 0.633. The van der Waals surface area contributed by atoms with E-state index in [0.717, 1.165) is 47.8 Å². The van der Waals surface area contributed by atoms with Crippen molar-refractivity contribution in [2.45, 2.75) is 32.2 Å². The first-order chi connectivity index (χ1) is 11.2. The number of fused-ring (bicyclic) bond motifs is 2. The molecule has 5 rings (SSSR count). The van der Waals surface area contributed by atoms with Crippen LogP contribution in [0.25, 0.3) is 10.9 Å². The van der Waals surface area contributed by atoms with Crippen LogP contribution in [0.4, 0.5) is 5.82 Å². The van der Waals surface area contributed by atoms with Gasteiger partial charge in [-0.1, -0.05) is 12.1 Å². The number of nitrogens with one attached hydrogen (secondary N) is 2. The van der Waals surface area contributed by atoms with E-state index in [1.807, 2.05) is 4.68 Å². The molecule has 4 heterocycles. The van der Waals surface area contributed by atoms with Crippen molar-refractivity contribution in [2.75, 3.05) is 12.3 Å². The Balaban J connectivity index is 1.52. The highest BCUT2D eigenvalue weighted by molar-refractivity contribution is 5.84. The average Bonchev–Trinajstić information content (AvgIpc) is 3.13. The molecule has 4 N–H and O–H groups in total. The maximum Gasteiger partial charge on any atom is 0.183 e. The molecule has 2 unspecified atom stereocenters. The monoisotopic (exact) mass is 309 g/mol. The van der Waals surface area contributed by atoms with E-state index in [9.17, 15) is 0 Å². The van der Waals surface area contributed by atoms with Gasteiger partial charge < -0.3 is 20.8 Å². The second kappa shape index (κ2) is 4.59. The third kappa shape index (κ3) is 1.92. The predicted octanol–water partition coefficient (Wildman–Crippen LogP) is 2.17. The highest BCUT2D eigenvalue weighted by Crippen LogP contribution is 2.50. The van der Waals surface area contributed by atoms with Crippen LogP contribution in [0.5, 0.6) is 0 Å². The number of benzene rings is 1. The zero-order chi connectivity index (χ0) is 15.6. The van der Waals surface area contributed by atoms with E-state index in [2.05, 4.69) is 41.5 Å². The van der Waals surface area contributed by atoms with E-state index in [1.165, 1.54) is 10.9 Å². The number of nitrogens with two attached hydrogens (primary N) is 1. The lowest BCUT2D eigenvalue weighted by atomic mass is 10.1. The number of nitrogens with zero attached hydrogens (tertiary/aromatic N) is 2. The maximum atomic E-state index is 6.30. The summed E-state index contributed by atoms with van der Waals surface area (Å²) in [6.07, 6.45) is 0.850. The van der Waals surface area contributed by atoms with Gasteiger partial charge in [0.2, 0.25) is 0 Å². The summed E-state index contributed by atoms with van der Waals surface area (Å²) in [6, 6.07) is 8.45. The van der Waals surface area contributed by atoms with E-state index in [4.69, 9.17) is 15.6 Å². The van der Waals surface area contributed by atoms with Crippen molar-refractivity contribution in [3.05, 3.63) is 46.8 Å². The molecule has 118 valence electrons. The third-order valence-electron chi connectivity index (χ3n) is 4.82. The molecule has 1 aromatic carbocycles. The van der Waals surface area contributed by atoms with Gasteiger partial charge in [-0.3, -0.25) is 0 Å². The summed E-state index contributed by atoms with van der Waals surface area (Å²) in [5, 5.41) is 9.26. The number of H-pyrrole nitrogens is 1. The molecule has 0 bridgehead atoms. The molecule has 2 aromatic heterocycles. The molecule has 1 saturated heterocycles. The zero-order valence-electron chi connectivity index (χ0n) is 13.0. The van der Waals surface area contributed by atoms with Crippen LogP contribution < -0.4 is 11.1 Å². The smallest absolute Gasteiger partial charge is 0.183 e. The average molecular weight is 309 g/mol. The Hall–Kier alpha value is -2.31. The fraction of sp³-hybridized carbons (Fsp3) is 0.353. The van der Waals surface area contributed by atoms with E-state index in [-0.39, 0.29) is 12.3 Å². The first-order valence-electron chi connectivity index (χ1n) is 8.02. The number of epoxide rings is 1. The van der Waals surface area contributed by atoms with Gasteiger partial charge in [-0.25, -0.2) is 4.68 Å². The van der Waals surface area contributed by atoms with Gasteiger partial charge in [0.15, 0.2) is 6.23 Å². The van der Waals surface area contributed by atoms with Crippen LogP contribution in [0.2, 0.25) is 0 Å². The Labute approximate surface area is 133 Å². The Kier molecular flexibility index (Phi) is 2.63. The summed E-state index contributed by atoms with van der Waals surface area (Å²) >= 11 is 0. The lowest BCUT2D eigenvalue weighted by Gasteiger charge is -2.10. The number of aromatic nitrogens is 3. The first-order valence-corrected chi connectivity index (χ1v) is 8.02. The second-order valence-corrected chi connectivity index (χ2v) is 6.39. The van der Waals surface area contributed by atoms with Gasteiger partial charge in [-0.05, 0) is 24.6 Å². The number of aromatic amines is 1. The van der Waals surface area contributed by atoms with Crippen LogP contribution in [0, 0.1) is 6.92 Å². The highest BCUT2D eigenvalue weighted by atomic mass is 16.6. The Bertz CT molecular complexity index is 909. The lowest BCUT2D eigenvalue weighted by molar-refractivity contribution is 0.322. The van der Waals surface area contributed by atoms with E-state index in [0.29, 0.717) is 0 Å². The number of nitrogen functional groups attached to an aromatic ring is 1. The Morgan fingerprint density at radius 1 is 1.39 bits per heavy atom. The number of hydrogen-bond donors (Lipinski definition) is 3. The molecule has 6 nitrogen and oxygen atoms in total. The molecule has 23 heavy (non-hydrogen) atoms. The van der Waals surface area contributed by atoms with Crippen molar-refractivity contribution in [2.24, 2.45) is 0 Å². The van der Waals surface area contributed by atoms with Crippen molar-refractivity contribution in [3.8, 4) is 0 Å². The predicted molar refractivity (Wildman–Crippen MR) is 87.9 cm³/mol. The fourth-order valence-corrected chi connectivity index (χ4v) is 3.62. The summed E-state index contributed by atoms with van der Waals surface area (Å²) in [4.78, 5) is 3.38. The van der Waals surface area contributed by atoms with Crippen LogP contribution in [0.15, 0.2) is 24.3 Å². The number of hydrogen-bond acceptors (Lipinski definition) is 4. The molecule has 2 aliphatic rings. The van der Waals surface area contributed by atoms with E-state index < -0.39 is 0 Å². The van der Waals surface area contributed by atoms with E-state index in [1.54, 1.807) is 0 Å². The van der Waals surface area contributed by atoms with Gasteiger partial charge in [0.1, 0.15) is 11.9 Å². The molecular weight excluding hydrogens is 290 g/mol. The van der Waals surface area contributed by atoms with Gasteiger partial charge in [0, 0.05) is 41.7 Å². The van der Waals surface area contributed by atoms with Gasteiger partial charge >= 0.3 is 0 Å². The lowest BCUT2D eigenvalue weighted by Crippen LogP contribution is -2.23. The molecule has 0 saturated carbocycles. The molecule has 0 aliphatic carbocycles. The van der Waals surface area contributed by atoms with Gasteiger partial charge in [0.05, 0.1) is 5.69 Å². The number of aryl methyl sites for hydroxylation is 1. The number of ether oxygens (including phenoxy) is 1. The summed E-state index contributed by atoms with van der Waals surface area (Å²) in [5.41, 5.74) is 12.0. The van der Waals surface area contributed by atoms with Crippen LogP contribution >= 0.6 is 0 Å². The topological polar surface area (TPSA) is 84.2 Å². The molecule has 2 aliphatic heterocycles. The molecular formula is C17H19N5O. The summed E-state index contributed by atoms with van der Waals surface area (Å²) in [5.74, 6) is 0.733. The summed E-state index contributed by atoms with van der Waals surface area (Å²) in [7, 11) is 0. The van der Waals surface area contributed by atoms with Gasteiger partial charge in [0.25, 0.3) is 0 Å². The molecule has 6 heteroatoms. The molecule has 0 radical (unpaired) electrons. The molecule has 1 fully saturated rings. The maximum absolute atomic E-state index is 6.30. The van der Waals surface area contributed by atoms with Crippen LogP contribution in [0.1, 0.15) is 34.8 Å². The molecule has 0 spiro atoms. The largest absolute Gasteiger partial charge is 0.384 e. The standard InChI is InChI=1S/C17H19N5O/c1-9-7-11-10(3-2-4-13(11)20-9)15-17(23-15)22-16(18)12-8-19-6-5-14(12)21-22/h2-4,7,15,17,19-20H,5-6,8,18H2,1H3. The molecule has 0 amide bonds. The minimum absolute atomic E-state index is 0.0190. The SMILES string of the molecule is Cc1cc2c(C3OC3n3nc4c(c3N)CNCC4)cccc2[nH]1.